The number of sulfonamides is 1. The molecule has 7 nitrogen and oxygen atoms in total. The second kappa shape index (κ2) is 7.42. The Morgan fingerprint density at radius 2 is 1.88 bits per heavy atom. The van der Waals surface area contributed by atoms with Crippen molar-refractivity contribution >= 4 is 33.6 Å². The Bertz CT molecular complexity index is 344. The molecule has 0 rings (SSSR count). The van der Waals surface area contributed by atoms with Crippen molar-refractivity contribution in [1.29, 1.82) is 0 Å². The van der Waals surface area contributed by atoms with Gasteiger partial charge in [-0.25, -0.2) is 17.9 Å². The summed E-state index contributed by atoms with van der Waals surface area (Å²) in [6, 6.07) is -0.676. The number of amides is 3. The minimum absolute atomic E-state index is 0.0521. The fraction of sp³-hybridized carbons (Fsp3) is 0.714. The Morgan fingerprint density at radius 3 is 2.38 bits per heavy atom. The average Bonchev–Trinajstić information content (AvgIpc) is 2.11. The van der Waals surface area contributed by atoms with Crippen LogP contribution in [0.5, 0.6) is 0 Å². The highest BCUT2D eigenvalue weighted by Gasteiger charge is 2.06. The minimum atomic E-state index is -3.26. The van der Waals surface area contributed by atoms with Crippen LogP contribution in [0.25, 0.3) is 0 Å². The number of rotatable bonds is 6. The third kappa shape index (κ3) is 9.69. The smallest absolute Gasteiger partial charge is 0.321 e. The van der Waals surface area contributed by atoms with Crippen LogP contribution in [0.15, 0.2) is 0 Å². The molecular weight excluding hydrogens is 258 g/mol. The molecule has 0 aromatic rings. The summed E-state index contributed by atoms with van der Waals surface area (Å²) in [6.45, 7) is 0.156. The van der Waals surface area contributed by atoms with Crippen molar-refractivity contribution in [3.05, 3.63) is 0 Å². The predicted octanol–water partition coefficient (Wildman–Crippen LogP) is -1.01. The topological polar surface area (TPSA) is 104 Å². The third-order valence-electron chi connectivity index (χ3n) is 1.35. The van der Waals surface area contributed by atoms with Crippen molar-refractivity contribution in [2.24, 2.45) is 0 Å². The van der Waals surface area contributed by atoms with Crippen LogP contribution in [0.1, 0.15) is 6.42 Å². The van der Waals surface area contributed by atoms with Crippen molar-refractivity contribution < 1.29 is 18.0 Å². The van der Waals surface area contributed by atoms with Crippen LogP contribution in [0.3, 0.4) is 0 Å². The molecule has 3 amide bonds. The van der Waals surface area contributed by atoms with Gasteiger partial charge in [-0.2, -0.15) is 0 Å². The lowest BCUT2D eigenvalue weighted by Crippen LogP contribution is -2.42. The van der Waals surface area contributed by atoms with Crippen molar-refractivity contribution in [1.82, 2.24) is 15.4 Å². The second-order valence-corrected chi connectivity index (χ2v) is 5.12. The summed E-state index contributed by atoms with van der Waals surface area (Å²) in [4.78, 5) is 21.9. The highest BCUT2D eigenvalue weighted by molar-refractivity contribution is 7.88. The van der Waals surface area contributed by atoms with Crippen molar-refractivity contribution in [3.63, 3.8) is 0 Å². The van der Waals surface area contributed by atoms with Crippen LogP contribution in [0.2, 0.25) is 0 Å². The molecule has 0 heterocycles. The summed E-state index contributed by atoms with van der Waals surface area (Å²) < 4.78 is 23.4. The highest BCUT2D eigenvalue weighted by atomic mass is 35.5. The van der Waals surface area contributed by atoms with Crippen LogP contribution in [-0.2, 0) is 14.8 Å². The van der Waals surface area contributed by atoms with Gasteiger partial charge in [0.2, 0.25) is 15.9 Å². The number of halogens is 1. The summed E-state index contributed by atoms with van der Waals surface area (Å²) in [7, 11) is -3.26. The van der Waals surface area contributed by atoms with Gasteiger partial charge in [-0.3, -0.25) is 10.1 Å². The maximum absolute atomic E-state index is 11.0. The monoisotopic (exact) mass is 271 g/mol. The zero-order valence-electron chi connectivity index (χ0n) is 8.75. The van der Waals surface area contributed by atoms with E-state index in [9.17, 15) is 18.0 Å². The van der Waals surface area contributed by atoms with Gasteiger partial charge in [-0.1, -0.05) is 0 Å². The largest absolute Gasteiger partial charge is 0.336 e. The van der Waals surface area contributed by atoms with E-state index in [2.05, 4.69) is 10.0 Å². The van der Waals surface area contributed by atoms with Gasteiger partial charge in [0.15, 0.2) is 0 Å². The Labute approximate surface area is 99.0 Å². The van der Waals surface area contributed by atoms with Gasteiger partial charge < -0.3 is 5.32 Å². The molecule has 0 saturated heterocycles. The molecule has 0 aromatic heterocycles. The maximum Gasteiger partial charge on any atom is 0.321 e. The molecule has 0 aliphatic rings. The normalized spacial score (nSPS) is 10.9. The lowest BCUT2D eigenvalue weighted by atomic mass is 10.4. The summed E-state index contributed by atoms with van der Waals surface area (Å²) in [5.74, 6) is -0.349. The van der Waals surface area contributed by atoms with E-state index in [1.54, 1.807) is 0 Å². The van der Waals surface area contributed by atoms with Gasteiger partial charge in [0.05, 0.1) is 6.26 Å². The molecule has 0 saturated carbocycles. The first-order valence-electron chi connectivity index (χ1n) is 4.43. The number of carbonyl (C=O) groups is 2. The number of urea groups is 1. The number of carbonyl (C=O) groups excluding carboxylic acids is 2. The molecule has 0 spiro atoms. The molecule has 0 aromatic carbocycles. The van der Waals surface area contributed by atoms with E-state index in [0.717, 1.165) is 6.26 Å². The summed E-state index contributed by atoms with van der Waals surface area (Å²) >= 11 is 5.29. The van der Waals surface area contributed by atoms with E-state index in [4.69, 9.17) is 11.6 Å². The molecule has 0 aliphatic heterocycles. The number of hydrogen-bond donors (Lipinski definition) is 3. The van der Waals surface area contributed by atoms with Gasteiger partial charge in [-0.05, 0) is 0 Å². The van der Waals surface area contributed by atoms with Gasteiger partial charge in [0, 0.05) is 25.4 Å². The van der Waals surface area contributed by atoms with Crippen LogP contribution in [0, 0.1) is 0 Å². The molecule has 0 fully saturated rings. The average molecular weight is 272 g/mol. The van der Waals surface area contributed by atoms with E-state index >= 15 is 0 Å². The molecule has 0 aliphatic carbocycles. The maximum atomic E-state index is 11.0. The molecule has 3 N–H and O–H groups in total. The Balaban J connectivity index is 3.63. The quantitative estimate of drug-likeness (QED) is 0.425. The van der Waals surface area contributed by atoms with Gasteiger partial charge >= 0.3 is 6.03 Å². The summed E-state index contributed by atoms with van der Waals surface area (Å²) in [6.07, 6.45) is 1.06. The lowest BCUT2D eigenvalue weighted by molar-refractivity contribution is -0.119. The van der Waals surface area contributed by atoms with E-state index in [0.29, 0.717) is 0 Å². The fourth-order valence-corrected chi connectivity index (χ4v) is 1.38. The van der Waals surface area contributed by atoms with Gasteiger partial charge in [0.1, 0.15) is 0 Å². The minimum Gasteiger partial charge on any atom is -0.336 e. The van der Waals surface area contributed by atoms with Crippen LogP contribution in [-0.4, -0.2) is 45.6 Å². The van der Waals surface area contributed by atoms with Crippen molar-refractivity contribution in [2.45, 2.75) is 6.42 Å². The van der Waals surface area contributed by atoms with Gasteiger partial charge in [-0.15, -0.1) is 11.6 Å². The molecule has 94 valence electrons. The zero-order chi connectivity index (χ0) is 12.6. The number of imide groups is 1. The summed E-state index contributed by atoms with van der Waals surface area (Å²) in [5, 5.41) is 4.33. The molecular formula is C7H14ClN3O4S. The standard InChI is InChI=1S/C7H14ClN3O4S/c1-16(14,15)10-5-4-9-7(13)11-6(12)2-3-8/h10H,2-5H2,1H3,(H2,9,11,12,13). The highest BCUT2D eigenvalue weighted by Crippen LogP contribution is 1.83. The number of nitrogens with one attached hydrogen (secondary N) is 3. The van der Waals surface area contributed by atoms with Crippen LogP contribution >= 0.6 is 11.6 Å². The molecule has 0 unspecified atom stereocenters. The SMILES string of the molecule is CS(=O)(=O)NCCNC(=O)NC(=O)CCCl. The zero-order valence-corrected chi connectivity index (χ0v) is 10.3. The first kappa shape index (κ1) is 15.1. The van der Waals surface area contributed by atoms with Gasteiger partial charge in [0.25, 0.3) is 0 Å². The first-order valence-corrected chi connectivity index (χ1v) is 6.86. The van der Waals surface area contributed by atoms with E-state index in [1.807, 2.05) is 5.32 Å². The van der Waals surface area contributed by atoms with E-state index in [-0.39, 0.29) is 25.4 Å². The number of alkyl halides is 1. The second-order valence-electron chi connectivity index (χ2n) is 2.91. The Kier molecular flexibility index (Phi) is 7.02. The third-order valence-corrected chi connectivity index (χ3v) is 2.27. The lowest BCUT2D eigenvalue weighted by Gasteiger charge is -2.06. The van der Waals surface area contributed by atoms with Crippen molar-refractivity contribution in [3.8, 4) is 0 Å². The number of hydrogen-bond acceptors (Lipinski definition) is 4. The molecule has 9 heteroatoms. The molecule has 0 atom stereocenters. The summed E-state index contributed by atoms with van der Waals surface area (Å²) in [5.41, 5.74) is 0. The van der Waals surface area contributed by atoms with Crippen LogP contribution in [0.4, 0.5) is 4.79 Å². The van der Waals surface area contributed by atoms with E-state index in [1.165, 1.54) is 0 Å². The fourth-order valence-electron chi connectivity index (χ4n) is 0.732. The first-order chi connectivity index (χ1) is 7.35. The van der Waals surface area contributed by atoms with Crippen LogP contribution < -0.4 is 15.4 Å². The van der Waals surface area contributed by atoms with Crippen molar-refractivity contribution in [2.75, 3.05) is 25.2 Å². The predicted molar refractivity (Wildman–Crippen MR) is 59.7 cm³/mol. The Morgan fingerprint density at radius 1 is 1.25 bits per heavy atom. The van der Waals surface area contributed by atoms with E-state index < -0.39 is 22.0 Å². The molecule has 16 heavy (non-hydrogen) atoms. The Hall–Kier alpha value is -0.860. The molecule has 0 bridgehead atoms. The molecule has 0 radical (unpaired) electrons.